The monoisotopic (exact) mass is 497 g/mol. The van der Waals surface area contributed by atoms with Crippen molar-refractivity contribution in [3.05, 3.63) is 73.1 Å². The van der Waals surface area contributed by atoms with E-state index >= 15 is 0 Å². The number of hydrogen-bond acceptors (Lipinski definition) is 7. The molecule has 0 aliphatic carbocycles. The zero-order chi connectivity index (χ0) is 26.3. The summed E-state index contributed by atoms with van der Waals surface area (Å²) in [7, 11) is 3.65. The van der Waals surface area contributed by atoms with Gasteiger partial charge in [0.15, 0.2) is 0 Å². The molecule has 0 spiro atoms. The number of aliphatic hydroxyl groups is 1. The fraction of sp³-hybridized carbons (Fsp3) is 0.250. The maximum absolute atomic E-state index is 10.2. The molecule has 0 amide bonds. The summed E-state index contributed by atoms with van der Waals surface area (Å²) in [5, 5.41) is 20.0. The van der Waals surface area contributed by atoms with Crippen LogP contribution in [0.3, 0.4) is 0 Å². The Bertz CT molecular complexity index is 1580. The third-order valence-electron chi connectivity index (χ3n) is 6.65. The van der Waals surface area contributed by atoms with Crippen LogP contribution in [0.15, 0.2) is 67.3 Å². The number of rotatable bonds is 7. The number of ether oxygens (including phenoxy) is 1. The van der Waals surface area contributed by atoms with E-state index in [-0.39, 0.29) is 0 Å². The van der Waals surface area contributed by atoms with Crippen LogP contribution >= 0.6 is 0 Å². The van der Waals surface area contributed by atoms with Crippen LogP contribution in [0.1, 0.15) is 25.8 Å². The highest BCUT2D eigenvalue weighted by molar-refractivity contribution is 5.89. The van der Waals surface area contributed by atoms with Crippen molar-refractivity contribution in [1.29, 1.82) is 0 Å². The van der Waals surface area contributed by atoms with Crippen LogP contribution in [0.5, 0.6) is 5.75 Å². The molecular weight excluding hydrogens is 466 g/mol. The van der Waals surface area contributed by atoms with Crippen molar-refractivity contribution in [1.82, 2.24) is 24.3 Å². The minimum atomic E-state index is -1.09. The Labute approximate surface area is 215 Å². The number of nitrogens with zero attached hydrogens (tertiary/aromatic N) is 5. The van der Waals surface area contributed by atoms with Gasteiger partial charge in [-0.25, -0.2) is 9.97 Å². The number of imidazole rings is 1. The van der Waals surface area contributed by atoms with Crippen molar-refractivity contribution in [2.45, 2.75) is 32.5 Å². The first-order chi connectivity index (χ1) is 17.6. The molecule has 0 aliphatic heterocycles. The Hall–Kier alpha value is -4.21. The van der Waals surface area contributed by atoms with Crippen LogP contribution < -0.4 is 15.8 Å². The lowest BCUT2D eigenvalue weighted by atomic mass is 10.0. The first-order valence-corrected chi connectivity index (χ1v) is 12.0. The minimum Gasteiger partial charge on any atom is -0.495 e. The average molecular weight is 498 g/mol. The summed E-state index contributed by atoms with van der Waals surface area (Å²) < 4.78 is 9.31. The lowest BCUT2D eigenvalue weighted by molar-refractivity contribution is 0.0206. The van der Waals surface area contributed by atoms with Crippen LogP contribution in [0.25, 0.3) is 33.2 Å². The van der Waals surface area contributed by atoms with Crippen LogP contribution in [0.4, 0.5) is 11.5 Å². The fourth-order valence-corrected chi connectivity index (χ4v) is 4.21. The molecule has 9 nitrogen and oxygen atoms in total. The Morgan fingerprint density at radius 3 is 2.46 bits per heavy atom. The smallest absolute Gasteiger partial charge is 0.143 e. The van der Waals surface area contributed by atoms with E-state index in [0.29, 0.717) is 11.6 Å². The summed E-state index contributed by atoms with van der Waals surface area (Å²) in [6.07, 6.45) is 6.66. The van der Waals surface area contributed by atoms with Gasteiger partial charge in [0.05, 0.1) is 36.5 Å². The second-order valence-corrected chi connectivity index (χ2v) is 9.73. The molecule has 0 aliphatic rings. The zero-order valence-corrected chi connectivity index (χ0v) is 21.6. The van der Waals surface area contributed by atoms with Crippen LogP contribution in [0.2, 0.25) is 0 Å². The summed E-state index contributed by atoms with van der Waals surface area (Å²) in [5.74, 6) is 2.36. The van der Waals surface area contributed by atoms with Crippen molar-refractivity contribution in [2.75, 3.05) is 12.4 Å². The number of anilines is 2. The number of nitrogens with one attached hydrogen (secondary N) is 1. The lowest BCUT2D eigenvalue weighted by Crippen LogP contribution is -2.39. The molecule has 3 heterocycles. The Kier molecular flexibility index (Phi) is 6.18. The van der Waals surface area contributed by atoms with Crippen molar-refractivity contribution in [2.24, 2.45) is 12.8 Å². The molecule has 0 radical (unpaired) electrons. The molecule has 190 valence electrons. The van der Waals surface area contributed by atoms with E-state index in [1.54, 1.807) is 31.8 Å². The topological polar surface area (TPSA) is 116 Å². The summed E-state index contributed by atoms with van der Waals surface area (Å²) in [5.41, 5.74) is 9.81. The molecule has 9 heteroatoms. The normalized spacial score (nSPS) is 12.6. The zero-order valence-electron chi connectivity index (χ0n) is 21.6. The molecule has 0 saturated heterocycles. The number of fused-ring (bicyclic) bond motifs is 1. The van der Waals surface area contributed by atoms with Gasteiger partial charge in [0.1, 0.15) is 23.6 Å². The van der Waals surface area contributed by atoms with E-state index in [9.17, 15) is 5.11 Å². The number of methoxy groups -OCH3 is 1. The van der Waals surface area contributed by atoms with Gasteiger partial charge in [-0.2, -0.15) is 5.10 Å². The molecule has 1 unspecified atom stereocenters. The van der Waals surface area contributed by atoms with Crippen molar-refractivity contribution < 1.29 is 9.84 Å². The number of nitrogens with two attached hydrogens (primary N) is 1. The fourth-order valence-electron chi connectivity index (χ4n) is 4.21. The van der Waals surface area contributed by atoms with E-state index in [4.69, 9.17) is 10.5 Å². The summed E-state index contributed by atoms with van der Waals surface area (Å²) in [4.78, 5) is 8.98. The predicted octanol–water partition coefficient (Wildman–Crippen LogP) is 4.79. The maximum Gasteiger partial charge on any atom is 0.143 e. The number of benzene rings is 2. The standard InChI is InChI=1S/C28H31N7O2/c1-17-30-15-24(34(17)4)19-8-9-23(25(11-19)37-5)33-26-12-21-10-18(6-7-20(21)13-31-26)22-14-32-35(16-22)27(29)28(2,3)36/h6-16,27,36H,29H2,1-5H3,(H,31,33). The van der Waals surface area contributed by atoms with Gasteiger partial charge in [-0.05, 0) is 56.0 Å². The molecule has 37 heavy (non-hydrogen) atoms. The number of hydrogen-bond donors (Lipinski definition) is 3. The van der Waals surface area contributed by atoms with E-state index < -0.39 is 11.8 Å². The summed E-state index contributed by atoms with van der Waals surface area (Å²) in [6, 6.07) is 14.2. The second kappa shape index (κ2) is 9.34. The number of aromatic nitrogens is 5. The van der Waals surface area contributed by atoms with E-state index in [1.165, 1.54) is 0 Å². The molecule has 0 saturated carbocycles. The van der Waals surface area contributed by atoms with Gasteiger partial charge in [-0.15, -0.1) is 0 Å². The highest BCUT2D eigenvalue weighted by atomic mass is 16.5. The van der Waals surface area contributed by atoms with Crippen LogP contribution in [-0.2, 0) is 7.05 Å². The predicted molar refractivity (Wildman–Crippen MR) is 146 cm³/mol. The Balaban J connectivity index is 1.43. The molecule has 5 rings (SSSR count). The first-order valence-electron chi connectivity index (χ1n) is 12.0. The minimum absolute atomic E-state index is 0.648. The summed E-state index contributed by atoms with van der Waals surface area (Å²) >= 11 is 0. The van der Waals surface area contributed by atoms with E-state index in [0.717, 1.165) is 44.7 Å². The van der Waals surface area contributed by atoms with Crippen molar-refractivity contribution >= 4 is 22.3 Å². The summed E-state index contributed by atoms with van der Waals surface area (Å²) in [6.45, 7) is 5.31. The van der Waals surface area contributed by atoms with Gasteiger partial charge < -0.3 is 25.5 Å². The Morgan fingerprint density at radius 1 is 0.973 bits per heavy atom. The lowest BCUT2D eigenvalue weighted by Gasteiger charge is -2.25. The van der Waals surface area contributed by atoms with E-state index in [1.807, 2.05) is 73.5 Å². The third-order valence-corrected chi connectivity index (χ3v) is 6.65. The van der Waals surface area contributed by atoms with Crippen LogP contribution in [0, 0.1) is 6.92 Å². The van der Waals surface area contributed by atoms with Gasteiger partial charge in [0.25, 0.3) is 0 Å². The first kappa shape index (κ1) is 24.5. The molecule has 0 fully saturated rings. The van der Waals surface area contributed by atoms with Gasteiger partial charge >= 0.3 is 0 Å². The molecule has 1 atom stereocenters. The number of pyridine rings is 1. The SMILES string of the molecule is COc1cc(-c2cnc(C)n2C)ccc1Nc1cc2cc(-c3cnn(C(N)C(C)(C)O)c3)ccc2cn1. The van der Waals surface area contributed by atoms with Crippen molar-refractivity contribution in [3.63, 3.8) is 0 Å². The third kappa shape index (κ3) is 4.78. The molecule has 3 aromatic heterocycles. The quantitative estimate of drug-likeness (QED) is 0.296. The van der Waals surface area contributed by atoms with Gasteiger partial charge in [-0.1, -0.05) is 18.2 Å². The molecule has 5 aromatic rings. The van der Waals surface area contributed by atoms with Crippen molar-refractivity contribution in [3.8, 4) is 28.1 Å². The van der Waals surface area contributed by atoms with Gasteiger partial charge in [0.2, 0.25) is 0 Å². The maximum atomic E-state index is 10.2. The largest absolute Gasteiger partial charge is 0.495 e. The molecule has 4 N–H and O–H groups in total. The van der Waals surface area contributed by atoms with E-state index in [2.05, 4.69) is 26.4 Å². The van der Waals surface area contributed by atoms with Gasteiger partial charge in [-0.3, -0.25) is 4.68 Å². The molecular formula is C28H31N7O2. The van der Waals surface area contributed by atoms with Crippen LogP contribution in [-0.4, -0.2) is 42.1 Å². The molecule has 0 bridgehead atoms. The average Bonchev–Trinajstić information content (AvgIpc) is 3.50. The second-order valence-electron chi connectivity index (χ2n) is 9.73. The number of aryl methyl sites for hydroxylation is 1. The highest BCUT2D eigenvalue weighted by Crippen LogP contribution is 2.33. The van der Waals surface area contributed by atoms with Gasteiger partial charge in [0, 0.05) is 36.0 Å². The highest BCUT2D eigenvalue weighted by Gasteiger charge is 2.25. The molecule has 2 aromatic carbocycles. The Morgan fingerprint density at radius 2 is 1.76 bits per heavy atom.